The van der Waals surface area contributed by atoms with Crippen molar-refractivity contribution in [1.82, 2.24) is 0 Å². The highest BCUT2D eigenvalue weighted by Crippen LogP contribution is 2.27. The zero-order valence-electron chi connectivity index (χ0n) is 11.8. The van der Waals surface area contributed by atoms with Gasteiger partial charge in [0.05, 0.1) is 7.11 Å². The first-order valence-corrected chi connectivity index (χ1v) is 7.20. The van der Waals surface area contributed by atoms with E-state index in [0.29, 0.717) is 17.6 Å². The Morgan fingerprint density at radius 3 is 2.59 bits per heavy atom. The van der Waals surface area contributed by atoms with Gasteiger partial charge in [0.1, 0.15) is 6.29 Å². The quantitative estimate of drug-likeness (QED) is 0.351. The van der Waals surface area contributed by atoms with Crippen LogP contribution in [0.15, 0.2) is 53.0 Å². The van der Waals surface area contributed by atoms with Crippen molar-refractivity contribution < 1.29 is 19.1 Å². The second-order valence-corrected chi connectivity index (χ2v) is 5.25. The van der Waals surface area contributed by atoms with E-state index in [4.69, 9.17) is 9.47 Å². The molecule has 0 atom stereocenters. The van der Waals surface area contributed by atoms with Crippen LogP contribution in [-0.2, 0) is 4.79 Å². The Morgan fingerprint density at radius 1 is 1.09 bits per heavy atom. The minimum atomic E-state index is -0.530. The fraction of sp³-hybridized carbons (Fsp3) is 0.0588. The number of aldehydes is 1. The van der Waals surface area contributed by atoms with Gasteiger partial charge >= 0.3 is 5.97 Å². The first kappa shape index (κ1) is 16.0. The van der Waals surface area contributed by atoms with E-state index in [9.17, 15) is 9.59 Å². The van der Waals surface area contributed by atoms with Crippen molar-refractivity contribution in [2.45, 2.75) is 0 Å². The molecular formula is C17H13BrO4. The molecule has 0 aliphatic carbocycles. The molecule has 0 aliphatic rings. The van der Waals surface area contributed by atoms with E-state index in [1.54, 1.807) is 12.1 Å². The van der Waals surface area contributed by atoms with Gasteiger partial charge in [0.25, 0.3) is 0 Å². The van der Waals surface area contributed by atoms with E-state index in [2.05, 4.69) is 15.9 Å². The highest BCUT2D eigenvalue weighted by atomic mass is 79.9. The van der Waals surface area contributed by atoms with Crippen LogP contribution in [0.1, 0.15) is 15.9 Å². The standard InChI is InChI=1S/C17H13BrO4/c1-21-16-10-13(11-19)5-7-15(16)22-17(20)8-6-12-3-2-4-14(18)9-12/h2-11H,1H3/b8-6+. The topological polar surface area (TPSA) is 52.6 Å². The lowest BCUT2D eigenvalue weighted by Crippen LogP contribution is -2.05. The van der Waals surface area contributed by atoms with Gasteiger partial charge in [0.2, 0.25) is 0 Å². The minimum absolute atomic E-state index is 0.261. The summed E-state index contributed by atoms with van der Waals surface area (Å²) in [6, 6.07) is 12.1. The average Bonchev–Trinajstić information content (AvgIpc) is 2.53. The molecule has 0 unspecified atom stereocenters. The molecule has 5 heteroatoms. The third kappa shape index (κ3) is 4.30. The van der Waals surface area contributed by atoms with Crippen molar-refractivity contribution in [3.63, 3.8) is 0 Å². The number of methoxy groups -OCH3 is 1. The number of hydrogen-bond acceptors (Lipinski definition) is 4. The summed E-state index contributed by atoms with van der Waals surface area (Å²) in [5.41, 5.74) is 1.32. The van der Waals surface area contributed by atoms with Crippen LogP contribution in [-0.4, -0.2) is 19.4 Å². The van der Waals surface area contributed by atoms with E-state index in [-0.39, 0.29) is 5.75 Å². The smallest absolute Gasteiger partial charge is 0.336 e. The van der Waals surface area contributed by atoms with Crippen LogP contribution < -0.4 is 9.47 Å². The van der Waals surface area contributed by atoms with Crippen molar-refractivity contribution >= 4 is 34.3 Å². The highest BCUT2D eigenvalue weighted by Gasteiger charge is 2.08. The molecule has 0 saturated carbocycles. The van der Waals surface area contributed by atoms with Gasteiger partial charge in [-0.15, -0.1) is 0 Å². The molecule has 2 aromatic carbocycles. The van der Waals surface area contributed by atoms with Crippen LogP contribution in [0.4, 0.5) is 0 Å². The summed E-state index contributed by atoms with van der Waals surface area (Å²) in [4.78, 5) is 22.6. The Morgan fingerprint density at radius 2 is 1.91 bits per heavy atom. The average molecular weight is 361 g/mol. The van der Waals surface area contributed by atoms with Crippen LogP contribution in [0.5, 0.6) is 11.5 Å². The normalized spacial score (nSPS) is 10.5. The molecule has 0 fully saturated rings. The zero-order chi connectivity index (χ0) is 15.9. The monoisotopic (exact) mass is 360 g/mol. The van der Waals surface area contributed by atoms with Gasteiger partial charge < -0.3 is 9.47 Å². The number of carbonyl (C=O) groups excluding carboxylic acids is 2. The second kappa shape index (κ2) is 7.56. The van der Waals surface area contributed by atoms with Crippen LogP contribution in [0, 0.1) is 0 Å². The number of esters is 1. The molecule has 0 bridgehead atoms. The lowest BCUT2D eigenvalue weighted by molar-refractivity contribution is -0.129. The van der Waals surface area contributed by atoms with Gasteiger partial charge in [-0.05, 0) is 42.0 Å². The number of halogens is 1. The molecule has 22 heavy (non-hydrogen) atoms. The predicted molar refractivity (Wildman–Crippen MR) is 87.2 cm³/mol. The first-order valence-electron chi connectivity index (χ1n) is 6.41. The van der Waals surface area contributed by atoms with E-state index < -0.39 is 5.97 Å². The Hall–Kier alpha value is -2.40. The molecule has 0 heterocycles. The number of carbonyl (C=O) groups is 2. The third-order valence-electron chi connectivity index (χ3n) is 2.79. The van der Waals surface area contributed by atoms with Gasteiger partial charge in [-0.1, -0.05) is 28.1 Å². The molecule has 0 N–H and O–H groups in total. The Labute approximate surface area is 136 Å². The van der Waals surface area contributed by atoms with Crippen molar-refractivity contribution in [3.05, 3.63) is 64.1 Å². The van der Waals surface area contributed by atoms with Crippen molar-refractivity contribution in [2.24, 2.45) is 0 Å². The molecule has 2 aromatic rings. The summed E-state index contributed by atoms with van der Waals surface area (Å²) >= 11 is 3.36. The van der Waals surface area contributed by atoms with Crippen LogP contribution in [0.2, 0.25) is 0 Å². The summed E-state index contributed by atoms with van der Waals surface area (Å²) < 4.78 is 11.2. The molecule has 0 aromatic heterocycles. The lowest BCUT2D eigenvalue weighted by Gasteiger charge is -2.08. The fourth-order valence-electron chi connectivity index (χ4n) is 1.76. The molecule has 0 spiro atoms. The highest BCUT2D eigenvalue weighted by molar-refractivity contribution is 9.10. The zero-order valence-corrected chi connectivity index (χ0v) is 13.4. The summed E-state index contributed by atoms with van der Waals surface area (Å²) in [7, 11) is 1.44. The number of hydrogen-bond donors (Lipinski definition) is 0. The maximum Gasteiger partial charge on any atom is 0.336 e. The van der Waals surface area contributed by atoms with Crippen molar-refractivity contribution in [2.75, 3.05) is 7.11 Å². The predicted octanol–water partition coefficient (Wildman–Crippen LogP) is 3.89. The maximum absolute atomic E-state index is 11.8. The first-order chi connectivity index (χ1) is 10.6. The van der Waals surface area contributed by atoms with Gasteiger partial charge in [-0.3, -0.25) is 4.79 Å². The number of rotatable bonds is 5. The molecule has 0 amide bonds. The van der Waals surface area contributed by atoms with E-state index in [1.807, 2.05) is 24.3 Å². The molecule has 0 radical (unpaired) electrons. The summed E-state index contributed by atoms with van der Waals surface area (Å²) in [5.74, 6) is 0.0583. The maximum atomic E-state index is 11.8. The van der Waals surface area contributed by atoms with E-state index in [1.165, 1.54) is 25.3 Å². The SMILES string of the molecule is COc1cc(C=O)ccc1OC(=O)/C=C/c1cccc(Br)c1. The van der Waals surface area contributed by atoms with Crippen LogP contribution >= 0.6 is 15.9 Å². The number of benzene rings is 2. The third-order valence-corrected chi connectivity index (χ3v) is 3.29. The van der Waals surface area contributed by atoms with Gasteiger partial charge in [-0.2, -0.15) is 0 Å². The van der Waals surface area contributed by atoms with Crippen LogP contribution in [0.3, 0.4) is 0 Å². The molecule has 0 aliphatic heterocycles. The Bertz CT molecular complexity index is 722. The molecule has 4 nitrogen and oxygen atoms in total. The summed E-state index contributed by atoms with van der Waals surface area (Å²) in [5, 5.41) is 0. The van der Waals surface area contributed by atoms with E-state index >= 15 is 0 Å². The summed E-state index contributed by atoms with van der Waals surface area (Å²) in [6.45, 7) is 0. The lowest BCUT2D eigenvalue weighted by atomic mass is 10.2. The molecule has 112 valence electrons. The van der Waals surface area contributed by atoms with E-state index in [0.717, 1.165) is 10.0 Å². The Kier molecular flexibility index (Phi) is 5.49. The fourth-order valence-corrected chi connectivity index (χ4v) is 2.18. The number of ether oxygens (including phenoxy) is 2. The largest absolute Gasteiger partial charge is 0.493 e. The second-order valence-electron chi connectivity index (χ2n) is 4.34. The van der Waals surface area contributed by atoms with Gasteiger partial charge in [0.15, 0.2) is 11.5 Å². The van der Waals surface area contributed by atoms with Crippen LogP contribution in [0.25, 0.3) is 6.08 Å². The molecular weight excluding hydrogens is 348 g/mol. The Balaban J connectivity index is 2.10. The van der Waals surface area contributed by atoms with Crippen molar-refractivity contribution in [1.29, 1.82) is 0 Å². The van der Waals surface area contributed by atoms with Crippen molar-refractivity contribution in [3.8, 4) is 11.5 Å². The van der Waals surface area contributed by atoms with Gasteiger partial charge in [-0.25, -0.2) is 4.79 Å². The van der Waals surface area contributed by atoms with Gasteiger partial charge in [0, 0.05) is 16.1 Å². The minimum Gasteiger partial charge on any atom is -0.493 e. The molecule has 0 saturated heterocycles. The molecule has 2 rings (SSSR count). The summed E-state index contributed by atoms with van der Waals surface area (Å²) in [6.07, 6.45) is 3.68.